The summed E-state index contributed by atoms with van der Waals surface area (Å²) < 4.78 is 5.81. The summed E-state index contributed by atoms with van der Waals surface area (Å²) in [5.41, 5.74) is 0.975. The van der Waals surface area contributed by atoms with Crippen LogP contribution >= 0.6 is 0 Å². The minimum absolute atomic E-state index is 0.0563. The van der Waals surface area contributed by atoms with Crippen molar-refractivity contribution >= 4 is 11.9 Å². The molecule has 2 aromatic rings. The van der Waals surface area contributed by atoms with Gasteiger partial charge in [0.2, 0.25) is 5.91 Å². The first-order chi connectivity index (χ1) is 14.5. The van der Waals surface area contributed by atoms with Gasteiger partial charge < -0.3 is 14.7 Å². The molecule has 6 nitrogen and oxygen atoms in total. The molecule has 0 saturated heterocycles. The molecule has 0 spiro atoms. The molecular weight excluding hydrogens is 380 g/mol. The maximum Gasteiger partial charge on any atom is 0.306 e. The fraction of sp³-hybridized carbons (Fsp3) is 0.375. The van der Waals surface area contributed by atoms with Gasteiger partial charge in [-0.05, 0) is 48.6 Å². The number of hydrogen-bond acceptors (Lipinski definition) is 4. The summed E-state index contributed by atoms with van der Waals surface area (Å²) in [4.78, 5) is 26.2. The highest BCUT2D eigenvalue weighted by atomic mass is 16.5. The van der Waals surface area contributed by atoms with E-state index in [1.54, 1.807) is 4.90 Å². The van der Waals surface area contributed by atoms with Gasteiger partial charge in [-0.1, -0.05) is 37.3 Å². The van der Waals surface area contributed by atoms with E-state index in [1.165, 1.54) is 0 Å². The van der Waals surface area contributed by atoms with Crippen LogP contribution in [0.25, 0.3) is 0 Å². The number of hydrogen-bond donors (Lipinski definition) is 1. The highest BCUT2D eigenvalue weighted by molar-refractivity contribution is 5.83. The average Bonchev–Trinajstić information content (AvgIpc) is 2.72. The number of nitrogens with zero attached hydrogens (tertiary/aromatic N) is 2. The third kappa shape index (κ3) is 4.98. The molecule has 3 atom stereocenters. The SMILES string of the molecule is CCCN(Cc1ccc(Oc2ccccc2)cc1)C(=O)C1CC(C(=O)O)C1CC#N. The van der Waals surface area contributed by atoms with Crippen molar-refractivity contribution in [1.29, 1.82) is 5.26 Å². The maximum atomic E-state index is 13.1. The fourth-order valence-corrected chi connectivity index (χ4v) is 3.95. The Morgan fingerprint density at radius 1 is 1.10 bits per heavy atom. The Morgan fingerprint density at radius 3 is 2.37 bits per heavy atom. The lowest BCUT2D eigenvalue weighted by atomic mass is 9.63. The fourth-order valence-electron chi connectivity index (χ4n) is 3.95. The quantitative estimate of drug-likeness (QED) is 0.663. The van der Waals surface area contributed by atoms with Gasteiger partial charge in [-0.15, -0.1) is 0 Å². The molecule has 3 unspecified atom stereocenters. The first-order valence-corrected chi connectivity index (χ1v) is 10.2. The molecule has 30 heavy (non-hydrogen) atoms. The van der Waals surface area contributed by atoms with Gasteiger partial charge >= 0.3 is 5.97 Å². The molecule has 156 valence electrons. The molecule has 1 aliphatic rings. The third-order valence-corrected chi connectivity index (χ3v) is 5.58. The smallest absolute Gasteiger partial charge is 0.306 e. The minimum Gasteiger partial charge on any atom is -0.481 e. The molecule has 0 heterocycles. The van der Waals surface area contributed by atoms with Gasteiger partial charge in [0.25, 0.3) is 0 Å². The Bertz CT molecular complexity index is 905. The van der Waals surface area contributed by atoms with Crippen LogP contribution in [0.3, 0.4) is 0 Å². The Labute approximate surface area is 176 Å². The van der Waals surface area contributed by atoms with Crippen molar-refractivity contribution < 1.29 is 19.4 Å². The Hall–Kier alpha value is -3.33. The van der Waals surface area contributed by atoms with E-state index in [1.807, 2.05) is 67.6 Å². The number of carboxylic acids is 1. The first-order valence-electron chi connectivity index (χ1n) is 10.2. The van der Waals surface area contributed by atoms with Gasteiger partial charge in [-0.25, -0.2) is 0 Å². The van der Waals surface area contributed by atoms with Gasteiger partial charge in [0.15, 0.2) is 0 Å². The van der Waals surface area contributed by atoms with E-state index in [9.17, 15) is 14.7 Å². The van der Waals surface area contributed by atoms with Crippen molar-refractivity contribution in [3.8, 4) is 17.6 Å². The molecular formula is C24H26N2O4. The zero-order valence-electron chi connectivity index (χ0n) is 17.0. The van der Waals surface area contributed by atoms with E-state index >= 15 is 0 Å². The summed E-state index contributed by atoms with van der Waals surface area (Å²) in [6, 6.07) is 19.2. The summed E-state index contributed by atoms with van der Waals surface area (Å²) in [5, 5.41) is 18.3. The maximum absolute atomic E-state index is 13.1. The molecule has 1 amide bonds. The van der Waals surface area contributed by atoms with Crippen LogP contribution in [0.5, 0.6) is 11.5 Å². The van der Waals surface area contributed by atoms with Crippen LogP contribution in [0.4, 0.5) is 0 Å². The average molecular weight is 406 g/mol. The predicted molar refractivity (Wildman–Crippen MR) is 112 cm³/mol. The van der Waals surface area contributed by atoms with Crippen LogP contribution < -0.4 is 4.74 Å². The molecule has 6 heteroatoms. The lowest BCUT2D eigenvalue weighted by Crippen LogP contribution is -2.50. The second-order valence-corrected chi connectivity index (χ2v) is 7.63. The van der Waals surface area contributed by atoms with Gasteiger partial charge in [-0.2, -0.15) is 5.26 Å². The lowest BCUT2D eigenvalue weighted by Gasteiger charge is -2.42. The van der Waals surface area contributed by atoms with Gasteiger partial charge in [0, 0.05) is 25.4 Å². The topological polar surface area (TPSA) is 90.6 Å². The second kappa shape index (κ2) is 9.93. The first kappa shape index (κ1) is 21.4. The molecule has 3 rings (SSSR count). The molecule has 0 bridgehead atoms. The summed E-state index contributed by atoms with van der Waals surface area (Å²) in [6.45, 7) is 3.05. The van der Waals surface area contributed by atoms with Gasteiger partial charge in [-0.3, -0.25) is 9.59 Å². The molecule has 0 aliphatic heterocycles. The number of nitriles is 1. The number of carboxylic acid groups (broad SMARTS) is 1. The number of aliphatic carboxylic acids is 1. The Balaban J connectivity index is 1.65. The third-order valence-electron chi connectivity index (χ3n) is 5.58. The molecule has 1 fully saturated rings. The van der Waals surface area contributed by atoms with E-state index < -0.39 is 23.7 Å². The second-order valence-electron chi connectivity index (χ2n) is 7.63. The van der Waals surface area contributed by atoms with E-state index in [-0.39, 0.29) is 12.3 Å². The van der Waals surface area contributed by atoms with Crippen molar-refractivity contribution in [1.82, 2.24) is 4.90 Å². The highest BCUT2D eigenvalue weighted by Gasteiger charge is 2.49. The standard InChI is InChI=1S/C24H26N2O4/c1-2-14-26(23(27)21-15-22(24(28)29)20(21)12-13-25)16-17-8-10-19(11-9-17)30-18-6-4-3-5-7-18/h3-11,20-22H,2,12,14-16H2,1H3,(H,28,29). The summed E-state index contributed by atoms with van der Waals surface area (Å²) in [5.74, 6) is -0.893. The van der Waals surface area contributed by atoms with E-state index in [0.717, 1.165) is 23.5 Å². The van der Waals surface area contributed by atoms with Crippen molar-refractivity contribution in [2.45, 2.75) is 32.7 Å². The minimum atomic E-state index is -0.921. The molecule has 2 aromatic carbocycles. The monoisotopic (exact) mass is 406 g/mol. The predicted octanol–water partition coefficient (Wildman–Crippen LogP) is 4.47. The van der Waals surface area contributed by atoms with E-state index in [2.05, 4.69) is 0 Å². The number of rotatable bonds is 9. The summed E-state index contributed by atoms with van der Waals surface area (Å²) >= 11 is 0. The van der Waals surface area contributed by atoms with Crippen LogP contribution in [-0.2, 0) is 16.1 Å². The largest absolute Gasteiger partial charge is 0.481 e. The summed E-state index contributed by atoms with van der Waals surface area (Å²) in [6.07, 6.45) is 1.21. The zero-order chi connectivity index (χ0) is 21.5. The van der Waals surface area contributed by atoms with Crippen LogP contribution in [0, 0.1) is 29.1 Å². The molecule has 1 N–H and O–H groups in total. The van der Waals surface area contributed by atoms with Crippen LogP contribution in [0.1, 0.15) is 31.7 Å². The van der Waals surface area contributed by atoms with Crippen LogP contribution in [-0.4, -0.2) is 28.4 Å². The Kier molecular flexibility index (Phi) is 7.08. The van der Waals surface area contributed by atoms with Gasteiger partial charge in [0.05, 0.1) is 12.0 Å². The molecule has 0 aromatic heterocycles. The number of amides is 1. The van der Waals surface area contributed by atoms with Crippen molar-refractivity contribution in [2.75, 3.05) is 6.54 Å². The van der Waals surface area contributed by atoms with E-state index in [0.29, 0.717) is 19.5 Å². The van der Waals surface area contributed by atoms with Crippen LogP contribution in [0.2, 0.25) is 0 Å². The van der Waals surface area contributed by atoms with Crippen LogP contribution in [0.15, 0.2) is 54.6 Å². The van der Waals surface area contributed by atoms with Crippen molar-refractivity contribution in [3.05, 3.63) is 60.2 Å². The van der Waals surface area contributed by atoms with Gasteiger partial charge in [0.1, 0.15) is 11.5 Å². The zero-order valence-corrected chi connectivity index (χ0v) is 17.0. The van der Waals surface area contributed by atoms with Crippen molar-refractivity contribution in [2.24, 2.45) is 17.8 Å². The Morgan fingerprint density at radius 2 is 1.77 bits per heavy atom. The van der Waals surface area contributed by atoms with E-state index in [4.69, 9.17) is 10.00 Å². The molecule has 0 radical (unpaired) electrons. The number of ether oxygens (including phenoxy) is 1. The lowest BCUT2D eigenvalue weighted by molar-refractivity contribution is -0.158. The normalized spacial score (nSPS) is 19.9. The van der Waals surface area contributed by atoms with Crippen molar-refractivity contribution in [3.63, 3.8) is 0 Å². The summed E-state index contributed by atoms with van der Waals surface area (Å²) in [7, 11) is 0. The number of carbonyl (C=O) groups is 2. The number of para-hydroxylation sites is 1. The molecule has 1 saturated carbocycles. The number of benzene rings is 2. The molecule has 1 aliphatic carbocycles. The number of carbonyl (C=O) groups excluding carboxylic acids is 1. The highest BCUT2D eigenvalue weighted by Crippen LogP contribution is 2.44.